The Morgan fingerprint density at radius 1 is 1.42 bits per heavy atom. The Bertz CT molecular complexity index is 629. The number of halogens is 3. The maximum Gasteiger partial charge on any atom is 0.390 e. The van der Waals surface area contributed by atoms with Crippen LogP contribution in [0, 0.1) is 0 Å². The lowest BCUT2D eigenvalue weighted by atomic mass is 10.4. The first-order valence-electron chi connectivity index (χ1n) is 5.69. The van der Waals surface area contributed by atoms with Crippen molar-refractivity contribution in [3.8, 4) is 0 Å². The molecule has 0 spiro atoms. The Hall–Kier alpha value is -1.83. The van der Waals surface area contributed by atoms with Crippen molar-refractivity contribution in [1.82, 2.24) is 19.5 Å². The molecule has 0 fully saturated rings. The fourth-order valence-electron chi connectivity index (χ4n) is 1.69. The second kappa shape index (κ2) is 5.04. The van der Waals surface area contributed by atoms with Crippen LogP contribution in [-0.4, -0.2) is 26.9 Å². The van der Waals surface area contributed by atoms with E-state index in [0.717, 1.165) is 0 Å². The fraction of sp³-hybridized carbons (Fsp3) is 0.455. The number of fused-ring (bicyclic) bond motifs is 1. The van der Waals surface area contributed by atoms with Crippen LogP contribution in [0.2, 0.25) is 0 Å². The first-order valence-corrected chi connectivity index (χ1v) is 5.69. The highest BCUT2D eigenvalue weighted by Gasteiger charge is 2.26. The van der Waals surface area contributed by atoms with Crippen molar-refractivity contribution in [2.24, 2.45) is 7.05 Å². The van der Waals surface area contributed by atoms with Gasteiger partial charge in [-0.1, -0.05) is 0 Å². The largest absolute Gasteiger partial charge is 0.390 e. The molecule has 0 unspecified atom stereocenters. The summed E-state index contributed by atoms with van der Waals surface area (Å²) in [4.78, 5) is 11.9. The van der Waals surface area contributed by atoms with E-state index in [1.807, 2.05) is 0 Å². The van der Waals surface area contributed by atoms with Crippen molar-refractivity contribution in [1.29, 1.82) is 0 Å². The molecule has 2 heterocycles. The summed E-state index contributed by atoms with van der Waals surface area (Å²) in [5.41, 5.74) is 0.203. The molecule has 0 aliphatic heterocycles. The van der Waals surface area contributed by atoms with Crippen LogP contribution < -0.4 is 10.9 Å². The monoisotopic (exact) mass is 274 g/mol. The molecule has 5 nitrogen and oxygen atoms in total. The maximum atomic E-state index is 12.0. The van der Waals surface area contributed by atoms with E-state index < -0.39 is 12.6 Å². The quantitative estimate of drug-likeness (QED) is 0.849. The highest BCUT2D eigenvalue weighted by Crippen LogP contribution is 2.18. The highest BCUT2D eigenvalue weighted by molar-refractivity contribution is 5.43. The third-order valence-corrected chi connectivity index (χ3v) is 2.73. The molecule has 1 N–H and O–H groups in total. The van der Waals surface area contributed by atoms with E-state index in [-0.39, 0.29) is 18.6 Å². The highest BCUT2D eigenvalue weighted by atomic mass is 19.4. The smallest absolute Gasteiger partial charge is 0.309 e. The second-order valence-corrected chi connectivity index (χ2v) is 4.16. The van der Waals surface area contributed by atoms with E-state index in [0.29, 0.717) is 11.3 Å². The SMILES string of the molecule is Cn1c(CNCCC(F)(F)F)nn2cccc2c1=O. The van der Waals surface area contributed by atoms with E-state index >= 15 is 0 Å². The van der Waals surface area contributed by atoms with Gasteiger partial charge >= 0.3 is 6.18 Å². The predicted octanol–water partition coefficient (Wildman–Crippen LogP) is 1.07. The van der Waals surface area contributed by atoms with Crippen molar-refractivity contribution < 1.29 is 13.2 Å². The molecule has 19 heavy (non-hydrogen) atoms. The lowest BCUT2D eigenvalue weighted by Gasteiger charge is -2.10. The Kier molecular flexibility index (Phi) is 3.61. The summed E-state index contributed by atoms with van der Waals surface area (Å²) in [5.74, 6) is 0.385. The standard InChI is InChI=1S/C11H13F3N4O/c1-17-9(7-15-5-4-11(12,13)14)16-18-6-2-3-8(18)10(17)19/h2-3,6,15H,4-5,7H2,1H3. The molecule has 8 heteroatoms. The van der Waals surface area contributed by atoms with Crippen LogP contribution in [0.25, 0.3) is 5.52 Å². The number of aromatic nitrogens is 3. The molecule has 0 bridgehead atoms. The average molecular weight is 274 g/mol. The maximum absolute atomic E-state index is 12.0. The van der Waals surface area contributed by atoms with Gasteiger partial charge in [-0.25, -0.2) is 4.52 Å². The van der Waals surface area contributed by atoms with Gasteiger partial charge < -0.3 is 5.32 Å². The van der Waals surface area contributed by atoms with E-state index in [1.54, 1.807) is 25.4 Å². The average Bonchev–Trinajstić information content (AvgIpc) is 2.77. The van der Waals surface area contributed by atoms with Crippen LogP contribution in [0.3, 0.4) is 0 Å². The molecule has 0 saturated carbocycles. The first kappa shape index (κ1) is 13.6. The van der Waals surface area contributed by atoms with Crippen molar-refractivity contribution in [3.63, 3.8) is 0 Å². The zero-order valence-corrected chi connectivity index (χ0v) is 10.2. The summed E-state index contributed by atoms with van der Waals surface area (Å²) in [6, 6.07) is 3.32. The molecule has 0 aromatic carbocycles. The van der Waals surface area contributed by atoms with Gasteiger partial charge in [-0.3, -0.25) is 9.36 Å². The molecule has 0 saturated heterocycles. The van der Waals surface area contributed by atoms with E-state index in [4.69, 9.17) is 0 Å². The molecule has 2 aromatic heterocycles. The zero-order chi connectivity index (χ0) is 14.0. The third kappa shape index (κ3) is 3.14. The molecule has 0 aliphatic rings. The summed E-state index contributed by atoms with van der Waals surface area (Å²) in [6.45, 7) is -0.0982. The van der Waals surface area contributed by atoms with Crippen LogP contribution >= 0.6 is 0 Å². The van der Waals surface area contributed by atoms with E-state index in [9.17, 15) is 18.0 Å². The first-order chi connectivity index (χ1) is 8.88. The minimum atomic E-state index is -4.18. The molecular formula is C11H13F3N4O. The van der Waals surface area contributed by atoms with Crippen LogP contribution in [0.5, 0.6) is 0 Å². The number of nitrogens with one attached hydrogen (secondary N) is 1. The molecule has 0 aliphatic carbocycles. The topological polar surface area (TPSA) is 51.3 Å². The Morgan fingerprint density at radius 2 is 2.16 bits per heavy atom. The van der Waals surface area contributed by atoms with Gasteiger partial charge in [0, 0.05) is 19.8 Å². The molecule has 0 radical (unpaired) electrons. The van der Waals surface area contributed by atoms with Gasteiger partial charge in [0.25, 0.3) is 5.56 Å². The van der Waals surface area contributed by atoms with Gasteiger partial charge in [-0.05, 0) is 12.1 Å². The number of rotatable bonds is 4. The van der Waals surface area contributed by atoms with Crippen molar-refractivity contribution in [3.05, 3.63) is 34.5 Å². The molecule has 104 valence electrons. The van der Waals surface area contributed by atoms with Crippen LogP contribution in [0.4, 0.5) is 13.2 Å². The Balaban J connectivity index is 2.09. The molecule has 0 amide bonds. The van der Waals surface area contributed by atoms with Gasteiger partial charge in [0.05, 0.1) is 13.0 Å². The van der Waals surface area contributed by atoms with Crippen LogP contribution in [0.1, 0.15) is 12.2 Å². The Morgan fingerprint density at radius 3 is 2.84 bits per heavy atom. The van der Waals surface area contributed by atoms with Gasteiger partial charge in [-0.2, -0.15) is 18.3 Å². The van der Waals surface area contributed by atoms with Crippen LogP contribution in [0.15, 0.2) is 23.1 Å². The number of hydrogen-bond donors (Lipinski definition) is 1. The molecule has 2 rings (SSSR count). The fourth-order valence-corrected chi connectivity index (χ4v) is 1.69. The zero-order valence-electron chi connectivity index (χ0n) is 10.2. The van der Waals surface area contributed by atoms with Crippen LogP contribution in [-0.2, 0) is 13.6 Å². The molecule has 0 atom stereocenters. The summed E-state index contributed by atoms with van der Waals surface area (Å²) in [6.07, 6.45) is -3.47. The normalized spacial score (nSPS) is 12.2. The number of hydrogen-bond acceptors (Lipinski definition) is 3. The minimum Gasteiger partial charge on any atom is -0.309 e. The van der Waals surface area contributed by atoms with Crippen molar-refractivity contribution >= 4 is 5.52 Å². The number of nitrogens with zero attached hydrogens (tertiary/aromatic N) is 3. The van der Waals surface area contributed by atoms with Crippen molar-refractivity contribution in [2.75, 3.05) is 6.54 Å². The van der Waals surface area contributed by atoms with Gasteiger partial charge in [0.15, 0.2) is 0 Å². The summed E-state index contributed by atoms with van der Waals surface area (Å²) in [5, 5.41) is 6.79. The predicted molar refractivity (Wildman–Crippen MR) is 62.8 cm³/mol. The van der Waals surface area contributed by atoms with Gasteiger partial charge in [0.2, 0.25) is 0 Å². The lowest BCUT2D eigenvalue weighted by Crippen LogP contribution is -2.29. The minimum absolute atomic E-state index is 0.107. The molecule has 2 aromatic rings. The van der Waals surface area contributed by atoms with E-state index in [1.165, 1.54) is 9.08 Å². The Labute approximate surface area is 106 Å². The lowest BCUT2D eigenvalue weighted by molar-refractivity contribution is -0.133. The summed E-state index contributed by atoms with van der Waals surface area (Å²) >= 11 is 0. The van der Waals surface area contributed by atoms with Gasteiger partial charge in [-0.15, -0.1) is 0 Å². The second-order valence-electron chi connectivity index (χ2n) is 4.16. The summed E-state index contributed by atoms with van der Waals surface area (Å²) < 4.78 is 38.7. The molecular weight excluding hydrogens is 261 g/mol. The summed E-state index contributed by atoms with van der Waals surface area (Å²) in [7, 11) is 1.54. The van der Waals surface area contributed by atoms with Gasteiger partial charge in [0.1, 0.15) is 11.3 Å². The third-order valence-electron chi connectivity index (χ3n) is 2.73. The van der Waals surface area contributed by atoms with E-state index in [2.05, 4.69) is 10.4 Å². The number of alkyl halides is 3. The van der Waals surface area contributed by atoms with Crippen molar-refractivity contribution in [2.45, 2.75) is 19.1 Å².